The van der Waals surface area contributed by atoms with E-state index in [4.69, 9.17) is 9.47 Å². The van der Waals surface area contributed by atoms with Gasteiger partial charge in [0.1, 0.15) is 11.5 Å². The molecule has 0 saturated heterocycles. The largest absolute Gasteiger partial charge is 0.496 e. The molecule has 0 atom stereocenters. The fourth-order valence-electron chi connectivity index (χ4n) is 4.65. The van der Waals surface area contributed by atoms with Gasteiger partial charge < -0.3 is 9.47 Å². The highest BCUT2D eigenvalue weighted by Gasteiger charge is 2.31. The molecule has 5 heteroatoms. The van der Waals surface area contributed by atoms with E-state index in [2.05, 4.69) is 76.2 Å². The maximum atomic E-state index is 11.6. The van der Waals surface area contributed by atoms with E-state index in [0.717, 1.165) is 49.1 Å². The van der Waals surface area contributed by atoms with Gasteiger partial charge in [-0.2, -0.15) is 0 Å². The Bertz CT molecular complexity index is 1320. The van der Waals surface area contributed by atoms with Crippen LogP contribution >= 0.6 is 11.8 Å². The van der Waals surface area contributed by atoms with Gasteiger partial charge in [0, 0.05) is 39.6 Å². The SMILES string of the molecule is COc1c(C)cc([S+](c2ccc(Sc3ccc(C(C)=O)cc3)cc2)c2cc(C)c(OC)c(C)c2)cc1C. The Morgan fingerprint density at radius 2 is 1.00 bits per heavy atom. The molecule has 0 bridgehead atoms. The fourth-order valence-corrected chi connectivity index (χ4v) is 7.87. The third-order valence-electron chi connectivity index (χ3n) is 6.30. The van der Waals surface area contributed by atoms with Crippen LogP contribution in [0.5, 0.6) is 11.5 Å². The minimum absolute atomic E-state index is 0.0842. The molecule has 0 aliphatic rings. The van der Waals surface area contributed by atoms with Crippen molar-refractivity contribution < 1.29 is 14.3 Å². The Hall–Kier alpha value is -3.15. The summed E-state index contributed by atoms with van der Waals surface area (Å²) < 4.78 is 11.3. The first-order valence-electron chi connectivity index (χ1n) is 12.2. The van der Waals surface area contributed by atoms with Crippen LogP contribution in [0.3, 0.4) is 0 Å². The molecule has 0 amide bonds. The van der Waals surface area contributed by atoms with Gasteiger partial charge in [0.15, 0.2) is 20.5 Å². The van der Waals surface area contributed by atoms with Crippen molar-refractivity contribution in [3.05, 3.63) is 101 Å². The van der Waals surface area contributed by atoms with Gasteiger partial charge >= 0.3 is 0 Å². The number of hydrogen-bond acceptors (Lipinski definition) is 4. The Morgan fingerprint density at radius 3 is 1.35 bits per heavy atom. The second-order valence-corrected chi connectivity index (χ2v) is 12.3. The molecule has 190 valence electrons. The minimum Gasteiger partial charge on any atom is -0.496 e. The van der Waals surface area contributed by atoms with Crippen LogP contribution in [-0.4, -0.2) is 20.0 Å². The van der Waals surface area contributed by atoms with Crippen LogP contribution in [-0.2, 0) is 10.9 Å². The monoisotopic (exact) mass is 529 g/mol. The van der Waals surface area contributed by atoms with Crippen LogP contribution in [0.2, 0.25) is 0 Å². The normalized spacial score (nSPS) is 11.0. The van der Waals surface area contributed by atoms with Crippen LogP contribution in [0, 0.1) is 27.7 Å². The lowest BCUT2D eigenvalue weighted by Crippen LogP contribution is -2.08. The smallest absolute Gasteiger partial charge is 0.167 e. The molecular weight excluding hydrogens is 496 g/mol. The quantitative estimate of drug-likeness (QED) is 0.170. The van der Waals surface area contributed by atoms with Gasteiger partial charge in [-0.25, -0.2) is 0 Å². The summed E-state index contributed by atoms with van der Waals surface area (Å²) in [5, 5.41) is 0. The predicted octanol–water partition coefficient (Wildman–Crippen LogP) is 8.39. The Morgan fingerprint density at radius 1 is 0.622 bits per heavy atom. The van der Waals surface area contributed by atoms with Crippen molar-refractivity contribution >= 4 is 28.4 Å². The zero-order valence-electron chi connectivity index (χ0n) is 22.5. The van der Waals surface area contributed by atoms with Crippen LogP contribution < -0.4 is 9.47 Å². The number of carbonyl (C=O) groups is 1. The lowest BCUT2D eigenvalue weighted by atomic mass is 10.1. The molecule has 0 N–H and O–H groups in total. The molecule has 0 radical (unpaired) electrons. The summed E-state index contributed by atoms with van der Waals surface area (Å²) in [6.45, 7) is 10.0. The maximum absolute atomic E-state index is 11.6. The molecule has 0 fully saturated rings. The van der Waals surface area contributed by atoms with Gasteiger partial charge in [0.25, 0.3) is 0 Å². The number of methoxy groups -OCH3 is 2. The van der Waals surface area contributed by atoms with Gasteiger partial charge in [-0.05, 0) is 93.3 Å². The Kier molecular flexibility index (Phi) is 8.35. The first-order valence-corrected chi connectivity index (χ1v) is 14.2. The molecular formula is C32H33O3S2+. The van der Waals surface area contributed by atoms with E-state index in [0.29, 0.717) is 0 Å². The molecule has 0 saturated carbocycles. The van der Waals surface area contributed by atoms with E-state index in [1.165, 1.54) is 14.7 Å². The molecule has 37 heavy (non-hydrogen) atoms. The number of carbonyl (C=O) groups excluding carboxylic acids is 1. The van der Waals surface area contributed by atoms with Crippen LogP contribution in [0.25, 0.3) is 0 Å². The third kappa shape index (κ3) is 5.89. The molecule has 0 aliphatic heterocycles. The van der Waals surface area contributed by atoms with Crippen molar-refractivity contribution in [2.45, 2.75) is 59.1 Å². The fraction of sp³-hybridized carbons (Fsp3) is 0.219. The summed E-state index contributed by atoms with van der Waals surface area (Å²) in [5.41, 5.74) is 5.28. The molecule has 0 heterocycles. The molecule has 4 aromatic carbocycles. The number of hydrogen-bond donors (Lipinski definition) is 0. The zero-order chi connectivity index (χ0) is 26.7. The Labute approximate surface area is 227 Å². The van der Waals surface area contributed by atoms with Crippen molar-refractivity contribution in [3.8, 4) is 11.5 Å². The summed E-state index contributed by atoms with van der Waals surface area (Å²) in [6, 6.07) is 25.6. The van der Waals surface area contributed by atoms with Crippen molar-refractivity contribution in [2.24, 2.45) is 0 Å². The van der Waals surface area contributed by atoms with Gasteiger partial charge in [0.05, 0.1) is 25.1 Å². The molecule has 3 nitrogen and oxygen atoms in total. The summed E-state index contributed by atoms with van der Waals surface area (Å²) in [7, 11) is 3.17. The highest BCUT2D eigenvalue weighted by Crippen LogP contribution is 2.39. The lowest BCUT2D eigenvalue weighted by Gasteiger charge is -2.15. The van der Waals surface area contributed by atoms with E-state index in [1.807, 2.05) is 24.3 Å². The topological polar surface area (TPSA) is 35.5 Å². The second-order valence-electron chi connectivity index (χ2n) is 9.14. The first-order chi connectivity index (χ1) is 17.7. The van der Waals surface area contributed by atoms with Crippen LogP contribution in [0.1, 0.15) is 39.5 Å². The van der Waals surface area contributed by atoms with Crippen molar-refractivity contribution in [3.63, 3.8) is 0 Å². The molecule has 0 unspecified atom stereocenters. The van der Waals surface area contributed by atoms with E-state index in [1.54, 1.807) is 32.9 Å². The van der Waals surface area contributed by atoms with E-state index in [9.17, 15) is 4.79 Å². The molecule has 0 spiro atoms. The van der Waals surface area contributed by atoms with Gasteiger partial charge in [0.2, 0.25) is 0 Å². The van der Waals surface area contributed by atoms with Crippen molar-refractivity contribution in [2.75, 3.05) is 14.2 Å². The molecule has 4 aromatic rings. The summed E-state index contributed by atoms with van der Waals surface area (Å²) in [4.78, 5) is 17.6. The van der Waals surface area contributed by atoms with Crippen LogP contribution in [0.4, 0.5) is 0 Å². The van der Waals surface area contributed by atoms with Crippen molar-refractivity contribution in [1.82, 2.24) is 0 Å². The average molecular weight is 530 g/mol. The number of ether oxygens (including phenoxy) is 2. The lowest BCUT2D eigenvalue weighted by molar-refractivity contribution is 0.101. The minimum atomic E-state index is -0.297. The molecule has 0 aliphatic carbocycles. The standard InChI is InChI=1S/C32H33O3S2/c1-20-16-29(17-21(2)31(20)34-6)37(30-18-22(3)32(35-7)23(4)19-30)28-14-12-27(13-15-28)36-26-10-8-25(9-11-26)24(5)33/h8-19H,1-7H3/q+1. The third-order valence-corrected chi connectivity index (χ3v) is 9.48. The van der Waals surface area contributed by atoms with Gasteiger partial charge in [-0.15, -0.1) is 0 Å². The Balaban J connectivity index is 1.75. The number of rotatable bonds is 8. The predicted molar refractivity (Wildman–Crippen MR) is 154 cm³/mol. The molecule has 0 aromatic heterocycles. The number of aryl methyl sites for hydroxylation is 4. The number of Topliss-reactive ketones (excluding diaryl/α,β-unsaturated/α-hetero) is 1. The van der Waals surface area contributed by atoms with Gasteiger partial charge in [-0.1, -0.05) is 23.9 Å². The van der Waals surface area contributed by atoms with E-state index < -0.39 is 0 Å². The number of ketones is 1. The first kappa shape index (κ1) is 26.9. The van der Waals surface area contributed by atoms with E-state index >= 15 is 0 Å². The zero-order valence-corrected chi connectivity index (χ0v) is 24.1. The second kappa shape index (κ2) is 11.5. The molecule has 4 rings (SSSR count). The van der Waals surface area contributed by atoms with Gasteiger partial charge in [-0.3, -0.25) is 4.79 Å². The maximum Gasteiger partial charge on any atom is 0.167 e. The highest BCUT2D eigenvalue weighted by atomic mass is 32.2. The van der Waals surface area contributed by atoms with Crippen LogP contribution in [0.15, 0.2) is 97.3 Å². The summed E-state index contributed by atoms with van der Waals surface area (Å²) >= 11 is 1.70. The average Bonchev–Trinajstić information content (AvgIpc) is 2.85. The van der Waals surface area contributed by atoms with Crippen molar-refractivity contribution in [1.29, 1.82) is 0 Å². The van der Waals surface area contributed by atoms with E-state index in [-0.39, 0.29) is 16.7 Å². The highest BCUT2D eigenvalue weighted by molar-refractivity contribution is 7.99. The summed E-state index contributed by atoms with van der Waals surface area (Å²) in [6.07, 6.45) is 0. The number of benzene rings is 4. The summed E-state index contributed by atoms with van der Waals surface area (Å²) in [5.74, 6) is 1.97.